The Morgan fingerprint density at radius 1 is 1.03 bits per heavy atom. The van der Waals surface area contributed by atoms with Gasteiger partial charge in [-0.25, -0.2) is 4.98 Å². The third-order valence-corrected chi connectivity index (χ3v) is 5.59. The Bertz CT molecular complexity index is 1130. The van der Waals surface area contributed by atoms with Crippen molar-refractivity contribution in [1.82, 2.24) is 15.0 Å². The second kappa shape index (κ2) is 8.52. The molecule has 0 aliphatic heterocycles. The Kier molecular flexibility index (Phi) is 5.65. The highest BCUT2D eigenvalue weighted by atomic mass is 32.1. The van der Waals surface area contributed by atoms with Crippen LogP contribution < -0.4 is 5.06 Å². The summed E-state index contributed by atoms with van der Waals surface area (Å²) in [5, 5.41) is 1.66. The highest BCUT2D eigenvalue weighted by molar-refractivity contribution is 7.19. The summed E-state index contributed by atoms with van der Waals surface area (Å²) in [7, 11) is 1.46. The van der Waals surface area contributed by atoms with Gasteiger partial charge in [0.1, 0.15) is 0 Å². The lowest BCUT2D eigenvalue weighted by Crippen LogP contribution is -2.29. The summed E-state index contributed by atoms with van der Waals surface area (Å²) in [6.45, 7) is 3.99. The lowest BCUT2D eigenvalue weighted by molar-refractivity contribution is 0.0773. The number of nitrogens with zero attached hydrogens (tertiary/aromatic N) is 4. The van der Waals surface area contributed by atoms with E-state index in [1.807, 2.05) is 44.2 Å². The number of carbonyl (C=O) groups is 1. The Labute approximate surface area is 178 Å². The van der Waals surface area contributed by atoms with Crippen molar-refractivity contribution < 1.29 is 9.63 Å². The molecule has 0 unspecified atom stereocenters. The van der Waals surface area contributed by atoms with E-state index in [0.717, 1.165) is 33.0 Å². The monoisotopic (exact) mass is 416 g/mol. The van der Waals surface area contributed by atoms with Gasteiger partial charge in [-0.1, -0.05) is 35.1 Å². The summed E-state index contributed by atoms with van der Waals surface area (Å²) in [6.07, 6.45) is 4.91. The predicted octanol–water partition coefficient (Wildman–Crippen LogP) is 5.09. The fourth-order valence-corrected chi connectivity index (χ4v) is 4.19. The number of aryl methyl sites for hydroxylation is 2. The van der Waals surface area contributed by atoms with E-state index in [1.165, 1.54) is 29.7 Å². The number of anilines is 1. The number of benzene rings is 1. The summed E-state index contributed by atoms with van der Waals surface area (Å²) in [6, 6.07) is 15.5. The van der Waals surface area contributed by atoms with Gasteiger partial charge in [0.15, 0.2) is 0 Å². The van der Waals surface area contributed by atoms with Crippen molar-refractivity contribution in [3.8, 4) is 21.7 Å². The molecule has 0 N–H and O–H groups in total. The molecule has 0 radical (unpaired) electrons. The highest BCUT2D eigenvalue weighted by Gasteiger charge is 2.25. The Morgan fingerprint density at radius 3 is 2.60 bits per heavy atom. The van der Waals surface area contributed by atoms with Crippen molar-refractivity contribution >= 4 is 22.4 Å². The first-order valence-corrected chi connectivity index (χ1v) is 10.2. The second-order valence-electron chi connectivity index (χ2n) is 6.75. The largest absolute Gasteiger partial charge is 0.285 e. The molecule has 3 heterocycles. The van der Waals surface area contributed by atoms with Crippen molar-refractivity contribution in [3.05, 3.63) is 83.9 Å². The third kappa shape index (κ3) is 3.98. The molecule has 1 amide bonds. The minimum absolute atomic E-state index is 0.326. The average Bonchev–Trinajstić information content (AvgIpc) is 3.20. The van der Waals surface area contributed by atoms with E-state index in [2.05, 4.69) is 16.0 Å². The molecule has 0 spiro atoms. The van der Waals surface area contributed by atoms with Crippen LogP contribution in [0, 0.1) is 13.8 Å². The first-order valence-electron chi connectivity index (χ1n) is 9.36. The predicted molar refractivity (Wildman–Crippen MR) is 118 cm³/mol. The standard InChI is InChI=1S/C23H20N4O2S/c1-15-6-4-7-17(12-15)20-21(18-9-11-25-16(2)13-18)30-23(26-20)27(29-3)22(28)19-8-5-10-24-14-19/h4-14H,1-3H3. The fraction of sp³-hybridized carbons (Fsp3) is 0.130. The van der Waals surface area contributed by atoms with Crippen LogP contribution in [0.2, 0.25) is 0 Å². The van der Waals surface area contributed by atoms with Gasteiger partial charge in [0.05, 0.1) is 23.2 Å². The lowest BCUT2D eigenvalue weighted by Gasteiger charge is -2.16. The molecule has 4 aromatic rings. The third-order valence-electron chi connectivity index (χ3n) is 4.52. The van der Waals surface area contributed by atoms with Gasteiger partial charge in [-0.3, -0.25) is 19.6 Å². The minimum Gasteiger partial charge on any atom is -0.267 e. The van der Waals surface area contributed by atoms with Crippen LogP contribution in [0.25, 0.3) is 21.7 Å². The van der Waals surface area contributed by atoms with Crippen molar-refractivity contribution in [2.24, 2.45) is 0 Å². The lowest BCUT2D eigenvalue weighted by atomic mass is 10.1. The molecule has 150 valence electrons. The molecular formula is C23H20N4O2S. The van der Waals surface area contributed by atoms with Crippen molar-refractivity contribution in [3.63, 3.8) is 0 Å². The zero-order valence-corrected chi connectivity index (χ0v) is 17.7. The summed E-state index contributed by atoms with van der Waals surface area (Å²) in [5.41, 5.74) is 5.24. The zero-order valence-electron chi connectivity index (χ0n) is 16.9. The van der Waals surface area contributed by atoms with Crippen LogP contribution in [0.1, 0.15) is 21.6 Å². The first kappa shape index (κ1) is 19.9. The molecule has 0 saturated carbocycles. The maximum Gasteiger partial charge on any atom is 0.285 e. The minimum atomic E-state index is -0.326. The quantitative estimate of drug-likeness (QED) is 0.424. The number of hydrogen-bond donors (Lipinski definition) is 0. The molecule has 7 heteroatoms. The number of thiazole rings is 1. The smallest absolute Gasteiger partial charge is 0.267 e. The fourth-order valence-electron chi connectivity index (χ4n) is 3.12. The molecule has 30 heavy (non-hydrogen) atoms. The van der Waals surface area contributed by atoms with Crippen LogP contribution in [-0.2, 0) is 4.84 Å². The summed E-state index contributed by atoms with van der Waals surface area (Å²) in [4.78, 5) is 32.5. The number of amides is 1. The molecule has 4 rings (SSSR count). The van der Waals surface area contributed by atoms with E-state index >= 15 is 0 Å². The Morgan fingerprint density at radius 2 is 1.90 bits per heavy atom. The Hall–Kier alpha value is -3.42. The van der Waals surface area contributed by atoms with Gasteiger partial charge in [0, 0.05) is 29.8 Å². The molecule has 3 aromatic heterocycles. The summed E-state index contributed by atoms with van der Waals surface area (Å²) >= 11 is 1.40. The maximum atomic E-state index is 13.0. The number of rotatable bonds is 5. The number of hydroxylamine groups is 1. The molecule has 6 nitrogen and oxygen atoms in total. The van der Waals surface area contributed by atoms with Crippen LogP contribution in [0.3, 0.4) is 0 Å². The molecule has 0 bridgehead atoms. The van der Waals surface area contributed by atoms with Gasteiger partial charge in [0.25, 0.3) is 5.91 Å². The van der Waals surface area contributed by atoms with Crippen LogP contribution >= 0.6 is 11.3 Å². The molecule has 0 atom stereocenters. The van der Waals surface area contributed by atoms with Crippen molar-refractivity contribution in [1.29, 1.82) is 0 Å². The number of aromatic nitrogens is 3. The topological polar surface area (TPSA) is 68.2 Å². The van der Waals surface area contributed by atoms with Gasteiger partial charge in [-0.05, 0) is 49.7 Å². The highest BCUT2D eigenvalue weighted by Crippen LogP contribution is 2.41. The number of hydrogen-bond acceptors (Lipinski definition) is 6. The van der Waals surface area contributed by atoms with Gasteiger partial charge in [-0.2, -0.15) is 5.06 Å². The van der Waals surface area contributed by atoms with E-state index in [9.17, 15) is 4.79 Å². The van der Waals surface area contributed by atoms with Crippen LogP contribution in [0.5, 0.6) is 0 Å². The van der Waals surface area contributed by atoms with Crippen LogP contribution in [0.15, 0.2) is 67.1 Å². The zero-order chi connectivity index (χ0) is 21.1. The number of pyridine rings is 2. The number of carbonyl (C=O) groups excluding carboxylic acids is 1. The van der Waals surface area contributed by atoms with E-state index < -0.39 is 0 Å². The van der Waals surface area contributed by atoms with E-state index in [1.54, 1.807) is 24.5 Å². The molecule has 0 saturated heterocycles. The van der Waals surface area contributed by atoms with Crippen molar-refractivity contribution in [2.75, 3.05) is 12.2 Å². The van der Waals surface area contributed by atoms with Gasteiger partial charge >= 0.3 is 0 Å². The van der Waals surface area contributed by atoms with Crippen molar-refractivity contribution in [2.45, 2.75) is 13.8 Å². The molecule has 0 fully saturated rings. The van der Waals surface area contributed by atoms with E-state index in [0.29, 0.717) is 10.7 Å². The average molecular weight is 417 g/mol. The summed E-state index contributed by atoms with van der Waals surface area (Å²) in [5.74, 6) is -0.326. The Balaban J connectivity index is 1.85. The second-order valence-corrected chi connectivity index (χ2v) is 7.73. The molecular weight excluding hydrogens is 396 g/mol. The van der Waals surface area contributed by atoms with Gasteiger partial charge in [0.2, 0.25) is 5.13 Å². The van der Waals surface area contributed by atoms with E-state index in [-0.39, 0.29) is 5.91 Å². The van der Waals surface area contributed by atoms with E-state index in [4.69, 9.17) is 9.82 Å². The van der Waals surface area contributed by atoms with Gasteiger partial charge in [-0.15, -0.1) is 0 Å². The van der Waals surface area contributed by atoms with Gasteiger partial charge < -0.3 is 0 Å². The normalized spacial score (nSPS) is 10.8. The van der Waals surface area contributed by atoms with Crippen LogP contribution in [0.4, 0.5) is 5.13 Å². The molecule has 0 aliphatic carbocycles. The molecule has 0 aliphatic rings. The summed E-state index contributed by atoms with van der Waals surface area (Å²) < 4.78 is 0. The maximum absolute atomic E-state index is 13.0. The van der Waals surface area contributed by atoms with Crippen LogP contribution in [-0.4, -0.2) is 28.0 Å². The first-order chi connectivity index (χ1) is 14.6. The molecule has 1 aromatic carbocycles. The SMILES string of the molecule is CON(C(=O)c1cccnc1)c1nc(-c2cccc(C)c2)c(-c2ccnc(C)c2)s1.